The maximum absolute atomic E-state index is 5.29. The average Bonchev–Trinajstić information content (AvgIpc) is 2.45. The van der Waals surface area contributed by atoms with E-state index in [0.29, 0.717) is 5.41 Å². The van der Waals surface area contributed by atoms with Crippen LogP contribution < -0.4 is 5.32 Å². The summed E-state index contributed by atoms with van der Waals surface area (Å²) < 4.78 is 5.29. The van der Waals surface area contributed by atoms with Gasteiger partial charge in [-0.15, -0.1) is 0 Å². The number of nitrogens with one attached hydrogen (secondary N) is 1. The van der Waals surface area contributed by atoms with E-state index in [9.17, 15) is 0 Å². The van der Waals surface area contributed by atoms with Crippen LogP contribution in [0.3, 0.4) is 0 Å². The molecule has 50 valence electrons. The molecule has 2 rings (SSSR count). The van der Waals surface area contributed by atoms with Gasteiger partial charge < -0.3 is 10.1 Å². The molecule has 2 aliphatic rings. The molecule has 2 heterocycles. The maximum Gasteiger partial charge on any atom is 0.0575 e. The zero-order valence-electron chi connectivity index (χ0n) is 5.39. The van der Waals surface area contributed by atoms with Crippen molar-refractivity contribution in [2.24, 2.45) is 5.41 Å². The molecule has 2 nitrogen and oxygen atoms in total. The molecular formula is C7H11NO. The van der Waals surface area contributed by atoms with E-state index in [1.165, 1.54) is 6.42 Å². The molecule has 9 heavy (non-hydrogen) atoms. The predicted octanol–water partition coefficient (Wildman–Crippen LogP) is 0.510. The quantitative estimate of drug-likeness (QED) is 0.509. The lowest BCUT2D eigenvalue weighted by Gasteiger charge is -2.15. The Balaban J connectivity index is 2.13. The van der Waals surface area contributed by atoms with Crippen molar-refractivity contribution in [2.75, 3.05) is 19.8 Å². The molecule has 0 aromatic rings. The van der Waals surface area contributed by atoms with Gasteiger partial charge >= 0.3 is 0 Å². The highest BCUT2D eigenvalue weighted by Crippen LogP contribution is 2.31. The number of ether oxygens (including phenoxy) is 1. The standard InChI is InChI=1S/C7H11NO/c1-3-8-5-7(1)2-4-9-6-7/h1,3,8H,2,4-6H2. The van der Waals surface area contributed by atoms with Crippen molar-refractivity contribution in [1.29, 1.82) is 0 Å². The van der Waals surface area contributed by atoms with Gasteiger partial charge in [-0.1, -0.05) is 6.08 Å². The smallest absolute Gasteiger partial charge is 0.0575 e. The van der Waals surface area contributed by atoms with Crippen LogP contribution in [0.1, 0.15) is 6.42 Å². The van der Waals surface area contributed by atoms with E-state index in [1.807, 2.05) is 6.20 Å². The summed E-state index contributed by atoms with van der Waals surface area (Å²) in [6.45, 7) is 2.93. The third kappa shape index (κ3) is 0.741. The van der Waals surface area contributed by atoms with Crippen LogP contribution in [0.5, 0.6) is 0 Å². The minimum absolute atomic E-state index is 0.375. The third-order valence-corrected chi connectivity index (χ3v) is 2.14. The van der Waals surface area contributed by atoms with Crippen molar-refractivity contribution in [1.82, 2.24) is 5.32 Å². The first-order chi connectivity index (χ1) is 4.41. The number of rotatable bonds is 0. The highest BCUT2D eigenvalue weighted by Gasteiger charge is 2.33. The van der Waals surface area contributed by atoms with Crippen LogP contribution in [0.15, 0.2) is 12.3 Å². The van der Waals surface area contributed by atoms with Gasteiger partial charge in [-0.25, -0.2) is 0 Å². The first kappa shape index (κ1) is 5.30. The Kier molecular flexibility index (Phi) is 1.02. The molecule has 0 aromatic carbocycles. The van der Waals surface area contributed by atoms with Crippen molar-refractivity contribution in [3.8, 4) is 0 Å². The molecule has 2 aliphatic heterocycles. The first-order valence-corrected chi connectivity index (χ1v) is 3.40. The normalized spacial score (nSPS) is 40.0. The molecule has 0 saturated carbocycles. The topological polar surface area (TPSA) is 21.3 Å². The molecule has 1 atom stereocenters. The Morgan fingerprint density at radius 3 is 3.11 bits per heavy atom. The molecule has 0 amide bonds. The van der Waals surface area contributed by atoms with Crippen molar-refractivity contribution in [3.63, 3.8) is 0 Å². The second-order valence-electron chi connectivity index (χ2n) is 2.88. The molecule has 1 N–H and O–H groups in total. The van der Waals surface area contributed by atoms with Crippen LogP contribution in [0.4, 0.5) is 0 Å². The molecule has 2 heteroatoms. The highest BCUT2D eigenvalue weighted by molar-refractivity contribution is 5.08. The van der Waals surface area contributed by atoms with Crippen LogP contribution in [-0.2, 0) is 4.74 Å². The van der Waals surface area contributed by atoms with E-state index in [-0.39, 0.29) is 0 Å². The third-order valence-electron chi connectivity index (χ3n) is 2.14. The second-order valence-corrected chi connectivity index (χ2v) is 2.88. The Bertz CT molecular complexity index is 136. The summed E-state index contributed by atoms with van der Waals surface area (Å²) in [5, 5.41) is 3.19. The SMILES string of the molecule is C1=CC2(CCOC2)CN1. The van der Waals surface area contributed by atoms with Gasteiger partial charge in [-0.2, -0.15) is 0 Å². The van der Waals surface area contributed by atoms with E-state index in [1.54, 1.807) is 0 Å². The number of hydrogen-bond acceptors (Lipinski definition) is 2. The zero-order valence-corrected chi connectivity index (χ0v) is 5.39. The summed E-state index contributed by atoms with van der Waals surface area (Å²) in [6.07, 6.45) is 5.46. The lowest BCUT2D eigenvalue weighted by Crippen LogP contribution is -2.24. The minimum Gasteiger partial charge on any atom is -0.390 e. The summed E-state index contributed by atoms with van der Waals surface area (Å²) in [7, 11) is 0. The monoisotopic (exact) mass is 125 g/mol. The summed E-state index contributed by atoms with van der Waals surface area (Å²) in [6, 6.07) is 0. The highest BCUT2D eigenvalue weighted by atomic mass is 16.5. The largest absolute Gasteiger partial charge is 0.390 e. The minimum atomic E-state index is 0.375. The van der Waals surface area contributed by atoms with Crippen molar-refractivity contribution >= 4 is 0 Å². The molecule has 0 radical (unpaired) electrons. The van der Waals surface area contributed by atoms with Gasteiger partial charge in [-0.3, -0.25) is 0 Å². The van der Waals surface area contributed by atoms with Crippen LogP contribution in [0, 0.1) is 5.41 Å². The van der Waals surface area contributed by atoms with Gasteiger partial charge in [0, 0.05) is 18.6 Å². The molecule has 0 aromatic heterocycles. The van der Waals surface area contributed by atoms with Gasteiger partial charge in [0.25, 0.3) is 0 Å². The van der Waals surface area contributed by atoms with Crippen LogP contribution in [0.2, 0.25) is 0 Å². The Labute approximate surface area is 54.9 Å². The summed E-state index contributed by atoms with van der Waals surface area (Å²) in [4.78, 5) is 0. The molecule has 1 saturated heterocycles. The fourth-order valence-corrected chi connectivity index (χ4v) is 1.45. The summed E-state index contributed by atoms with van der Waals surface area (Å²) >= 11 is 0. The molecule has 1 unspecified atom stereocenters. The summed E-state index contributed by atoms with van der Waals surface area (Å²) in [5.74, 6) is 0. The van der Waals surface area contributed by atoms with E-state index >= 15 is 0 Å². The van der Waals surface area contributed by atoms with E-state index < -0.39 is 0 Å². The fraction of sp³-hybridized carbons (Fsp3) is 0.714. The Morgan fingerprint density at radius 1 is 1.56 bits per heavy atom. The van der Waals surface area contributed by atoms with Gasteiger partial charge in [0.05, 0.1) is 6.61 Å². The Hall–Kier alpha value is -0.500. The van der Waals surface area contributed by atoms with Crippen LogP contribution in [0.25, 0.3) is 0 Å². The van der Waals surface area contributed by atoms with E-state index in [2.05, 4.69) is 11.4 Å². The van der Waals surface area contributed by atoms with E-state index in [0.717, 1.165) is 19.8 Å². The molecule has 1 fully saturated rings. The van der Waals surface area contributed by atoms with E-state index in [4.69, 9.17) is 4.74 Å². The van der Waals surface area contributed by atoms with Gasteiger partial charge in [0.1, 0.15) is 0 Å². The van der Waals surface area contributed by atoms with Gasteiger partial charge in [0.15, 0.2) is 0 Å². The van der Waals surface area contributed by atoms with Crippen LogP contribution in [-0.4, -0.2) is 19.8 Å². The van der Waals surface area contributed by atoms with Crippen molar-refractivity contribution in [2.45, 2.75) is 6.42 Å². The first-order valence-electron chi connectivity index (χ1n) is 3.40. The molecule has 1 spiro atoms. The number of hydrogen-bond donors (Lipinski definition) is 1. The van der Waals surface area contributed by atoms with Gasteiger partial charge in [-0.05, 0) is 12.6 Å². The predicted molar refractivity (Wildman–Crippen MR) is 35.0 cm³/mol. The maximum atomic E-state index is 5.29. The lowest BCUT2D eigenvalue weighted by molar-refractivity contribution is 0.172. The molecular weight excluding hydrogens is 114 g/mol. The molecule has 0 aliphatic carbocycles. The van der Waals surface area contributed by atoms with Crippen molar-refractivity contribution < 1.29 is 4.74 Å². The lowest BCUT2D eigenvalue weighted by atomic mass is 9.89. The Morgan fingerprint density at radius 2 is 2.56 bits per heavy atom. The zero-order chi connectivity index (χ0) is 6.16. The second kappa shape index (κ2) is 1.74. The average molecular weight is 125 g/mol. The van der Waals surface area contributed by atoms with Crippen LogP contribution >= 0.6 is 0 Å². The van der Waals surface area contributed by atoms with Gasteiger partial charge in [0.2, 0.25) is 0 Å². The summed E-state index contributed by atoms with van der Waals surface area (Å²) in [5.41, 5.74) is 0.375. The van der Waals surface area contributed by atoms with Crippen molar-refractivity contribution in [3.05, 3.63) is 12.3 Å². The fourth-order valence-electron chi connectivity index (χ4n) is 1.45. The molecule has 0 bridgehead atoms.